The molecule has 11 heteroatoms. The topological polar surface area (TPSA) is 149 Å². The highest BCUT2D eigenvalue weighted by atomic mass is 31.2. The summed E-state index contributed by atoms with van der Waals surface area (Å²) in [7, 11) is -4.59. The number of hydrogen-bond acceptors (Lipinski definition) is 9. The van der Waals surface area contributed by atoms with Gasteiger partial charge in [0.15, 0.2) is 6.10 Å². The molecule has 0 saturated heterocycles. The molecule has 0 saturated carbocycles. The van der Waals surface area contributed by atoms with E-state index in [1.165, 1.54) is 109 Å². The predicted molar refractivity (Wildman–Crippen MR) is 196 cm³/mol. The number of phosphoric ester groups is 1. The summed E-state index contributed by atoms with van der Waals surface area (Å²) < 4.78 is 32.2. The van der Waals surface area contributed by atoms with Crippen molar-refractivity contribution in [1.82, 2.24) is 0 Å². The smallest absolute Gasteiger partial charge is 0.462 e. The third kappa shape index (κ3) is 34.9. The fourth-order valence-electron chi connectivity index (χ4n) is 5.34. The predicted octanol–water partition coefficient (Wildman–Crippen LogP) is 9.67. The van der Waals surface area contributed by atoms with E-state index in [2.05, 4.69) is 23.6 Å². The van der Waals surface area contributed by atoms with Crippen LogP contribution in [0.1, 0.15) is 181 Å². The Labute approximate surface area is 298 Å². The van der Waals surface area contributed by atoms with Crippen molar-refractivity contribution >= 4 is 19.8 Å². The molecule has 0 rings (SSSR count). The Kier molecular flexibility index (Phi) is 34.2. The second kappa shape index (κ2) is 35.1. The second-order valence-electron chi connectivity index (χ2n) is 13.3. The number of carbonyl (C=O) groups is 2. The first-order valence-electron chi connectivity index (χ1n) is 19.6. The van der Waals surface area contributed by atoms with Gasteiger partial charge in [-0.3, -0.25) is 18.6 Å². The lowest BCUT2D eigenvalue weighted by Crippen LogP contribution is -2.29. The first kappa shape index (κ1) is 47.7. The van der Waals surface area contributed by atoms with Crippen LogP contribution in [0.15, 0.2) is 12.2 Å². The lowest BCUT2D eigenvalue weighted by Gasteiger charge is -2.20. The van der Waals surface area contributed by atoms with E-state index in [1.54, 1.807) is 0 Å². The van der Waals surface area contributed by atoms with Gasteiger partial charge in [0, 0.05) is 12.8 Å². The van der Waals surface area contributed by atoms with Gasteiger partial charge in [-0.15, -0.1) is 0 Å². The van der Waals surface area contributed by atoms with Crippen LogP contribution in [0, 0.1) is 0 Å². The zero-order valence-corrected chi connectivity index (χ0v) is 32.1. The van der Waals surface area contributed by atoms with Gasteiger partial charge in [0.05, 0.1) is 19.8 Å². The minimum Gasteiger partial charge on any atom is -0.462 e. The van der Waals surface area contributed by atoms with Crippen LogP contribution in [0.3, 0.4) is 0 Å². The monoisotopic (exact) mass is 720 g/mol. The number of esters is 2. The number of carbonyl (C=O) groups excluding carboxylic acids is 2. The number of aliphatic hydroxyl groups excluding tert-OH is 2. The van der Waals surface area contributed by atoms with Gasteiger partial charge in [0.1, 0.15) is 12.7 Å². The van der Waals surface area contributed by atoms with E-state index in [9.17, 15) is 24.2 Å². The van der Waals surface area contributed by atoms with Crippen LogP contribution in [0.25, 0.3) is 0 Å². The van der Waals surface area contributed by atoms with E-state index in [4.69, 9.17) is 19.1 Å². The third-order valence-electron chi connectivity index (χ3n) is 8.42. The van der Waals surface area contributed by atoms with Crippen molar-refractivity contribution in [2.45, 2.75) is 193 Å². The van der Waals surface area contributed by atoms with Crippen LogP contribution in [0.5, 0.6) is 0 Å². The molecule has 290 valence electrons. The van der Waals surface area contributed by atoms with Crippen molar-refractivity contribution in [2.75, 3.05) is 26.4 Å². The van der Waals surface area contributed by atoms with E-state index < -0.39 is 51.8 Å². The Morgan fingerprint density at radius 1 is 0.592 bits per heavy atom. The molecule has 3 N–H and O–H groups in total. The van der Waals surface area contributed by atoms with E-state index >= 15 is 0 Å². The van der Waals surface area contributed by atoms with Gasteiger partial charge in [0.2, 0.25) is 0 Å². The summed E-state index contributed by atoms with van der Waals surface area (Å²) in [5.41, 5.74) is 0. The number of rotatable bonds is 37. The summed E-state index contributed by atoms with van der Waals surface area (Å²) >= 11 is 0. The molecular formula is C38H73O10P. The van der Waals surface area contributed by atoms with E-state index in [1.807, 2.05) is 6.92 Å². The summed E-state index contributed by atoms with van der Waals surface area (Å²) in [6, 6.07) is 0. The van der Waals surface area contributed by atoms with E-state index in [0.29, 0.717) is 12.8 Å². The molecule has 0 aliphatic rings. The van der Waals surface area contributed by atoms with E-state index in [0.717, 1.165) is 32.1 Å². The fraction of sp³-hybridized carbons (Fsp3) is 0.895. The van der Waals surface area contributed by atoms with Gasteiger partial charge in [-0.25, -0.2) is 4.57 Å². The number of phosphoric acid groups is 1. The molecule has 0 amide bonds. The normalized spacial score (nSPS) is 14.1. The molecule has 0 radical (unpaired) electrons. The zero-order chi connectivity index (χ0) is 36.3. The van der Waals surface area contributed by atoms with Crippen molar-refractivity contribution < 1.29 is 47.8 Å². The van der Waals surface area contributed by atoms with Crippen molar-refractivity contribution in [3.05, 3.63) is 12.2 Å². The minimum atomic E-state index is -4.59. The minimum absolute atomic E-state index is 0.186. The average Bonchev–Trinajstić information content (AvgIpc) is 3.08. The van der Waals surface area contributed by atoms with Crippen molar-refractivity contribution in [3.63, 3.8) is 0 Å². The second-order valence-corrected chi connectivity index (χ2v) is 14.8. The lowest BCUT2D eigenvalue weighted by atomic mass is 10.0. The maximum atomic E-state index is 12.5. The van der Waals surface area contributed by atoms with Gasteiger partial charge in [-0.2, -0.15) is 0 Å². The molecule has 0 aliphatic heterocycles. The van der Waals surface area contributed by atoms with Gasteiger partial charge >= 0.3 is 19.8 Å². The Morgan fingerprint density at radius 2 is 1.00 bits per heavy atom. The molecule has 0 bridgehead atoms. The van der Waals surface area contributed by atoms with Crippen molar-refractivity contribution in [2.24, 2.45) is 0 Å². The highest BCUT2D eigenvalue weighted by Gasteiger charge is 2.27. The summed E-state index contributed by atoms with van der Waals surface area (Å²) in [5.74, 6) is -0.949. The standard InChI is InChI=1S/C38H73O10P/c1-3-5-7-8-9-10-11-12-13-14-15-16-17-18-19-20-21-22-23-24-25-26-28-30-38(42)48-36(33-45-37(41)29-27-6-4-2)34-47-49(43,44)46-32-35(40)31-39/h14-15,35-36,39-40H,3-13,16-34H2,1-2H3,(H,43,44)/b15-14-. The molecule has 10 nitrogen and oxygen atoms in total. The number of aliphatic hydroxyl groups is 2. The molecule has 3 atom stereocenters. The van der Waals surface area contributed by atoms with E-state index in [-0.39, 0.29) is 19.4 Å². The summed E-state index contributed by atoms with van der Waals surface area (Å²) in [6.45, 7) is 2.18. The van der Waals surface area contributed by atoms with Crippen LogP contribution in [-0.2, 0) is 32.7 Å². The maximum absolute atomic E-state index is 12.5. The summed E-state index contributed by atoms with van der Waals surface area (Å²) in [6.07, 6.45) is 31.5. The Bertz CT molecular complexity index is 837. The summed E-state index contributed by atoms with van der Waals surface area (Å²) in [5, 5.41) is 18.2. The SMILES string of the molecule is CCCCCCCCCC/C=C\CCCCCCCCCCCCCC(=O)OC(COC(=O)CCCCC)COP(=O)(O)OCC(O)CO. The van der Waals surface area contributed by atoms with Crippen molar-refractivity contribution in [1.29, 1.82) is 0 Å². The first-order valence-corrected chi connectivity index (χ1v) is 21.1. The molecule has 0 spiro atoms. The van der Waals surface area contributed by atoms with Crippen LogP contribution < -0.4 is 0 Å². The number of allylic oxidation sites excluding steroid dienone is 2. The van der Waals surface area contributed by atoms with Gasteiger partial charge in [-0.05, 0) is 38.5 Å². The Balaban J connectivity index is 3.96. The molecular weight excluding hydrogens is 647 g/mol. The maximum Gasteiger partial charge on any atom is 0.472 e. The third-order valence-corrected chi connectivity index (χ3v) is 9.37. The van der Waals surface area contributed by atoms with Gasteiger partial charge < -0.3 is 24.6 Å². The largest absolute Gasteiger partial charge is 0.472 e. The molecule has 0 aromatic rings. The molecule has 0 fully saturated rings. The van der Waals surface area contributed by atoms with Crippen LogP contribution >= 0.6 is 7.82 Å². The van der Waals surface area contributed by atoms with Crippen LogP contribution in [-0.4, -0.2) is 65.7 Å². The van der Waals surface area contributed by atoms with Gasteiger partial charge in [0.25, 0.3) is 0 Å². The van der Waals surface area contributed by atoms with Crippen LogP contribution in [0.2, 0.25) is 0 Å². The Morgan fingerprint density at radius 3 is 1.51 bits per heavy atom. The first-order chi connectivity index (χ1) is 23.7. The highest BCUT2D eigenvalue weighted by molar-refractivity contribution is 7.47. The van der Waals surface area contributed by atoms with Crippen molar-refractivity contribution in [3.8, 4) is 0 Å². The van der Waals surface area contributed by atoms with Crippen LogP contribution in [0.4, 0.5) is 0 Å². The molecule has 0 aromatic carbocycles. The highest BCUT2D eigenvalue weighted by Crippen LogP contribution is 2.43. The quantitative estimate of drug-likeness (QED) is 0.0245. The van der Waals surface area contributed by atoms with Gasteiger partial charge in [-0.1, -0.05) is 142 Å². The molecule has 0 heterocycles. The Hall–Kier alpha value is -1.29. The number of ether oxygens (including phenoxy) is 2. The number of hydrogen-bond donors (Lipinski definition) is 3. The fourth-order valence-corrected chi connectivity index (χ4v) is 6.13. The molecule has 0 aromatic heterocycles. The molecule has 3 unspecified atom stereocenters. The average molecular weight is 721 g/mol. The number of unbranched alkanes of at least 4 members (excludes halogenated alkanes) is 21. The molecule has 0 aliphatic carbocycles. The zero-order valence-electron chi connectivity index (χ0n) is 31.2. The lowest BCUT2D eigenvalue weighted by molar-refractivity contribution is -0.161. The summed E-state index contributed by atoms with van der Waals surface area (Å²) in [4.78, 5) is 34.3. The molecule has 49 heavy (non-hydrogen) atoms.